The van der Waals surface area contributed by atoms with Gasteiger partial charge in [-0.1, -0.05) is 18.0 Å². The normalized spacial score (nSPS) is 17.9. The summed E-state index contributed by atoms with van der Waals surface area (Å²) >= 11 is 6.12. The number of benzene rings is 1. The number of methoxy groups -OCH3 is 1. The lowest BCUT2D eigenvalue weighted by molar-refractivity contribution is -0.914. The van der Waals surface area contributed by atoms with E-state index in [1.165, 1.54) is 37.0 Å². The summed E-state index contributed by atoms with van der Waals surface area (Å²) in [6, 6.07) is 3.56. The second kappa shape index (κ2) is 8.55. The van der Waals surface area contributed by atoms with Crippen LogP contribution in [-0.4, -0.2) is 32.1 Å². The number of quaternary nitrogens is 1. The average Bonchev–Trinajstić information content (AvgIpc) is 2.49. The minimum Gasteiger partial charge on any atom is -0.495 e. The van der Waals surface area contributed by atoms with E-state index in [1.54, 1.807) is 13.2 Å². The molecule has 0 aromatic heterocycles. The van der Waals surface area contributed by atoms with Crippen molar-refractivity contribution in [2.45, 2.75) is 52.0 Å². The Hall–Kier alpha value is -1.26. The lowest BCUT2D eigenvalue weighted by atomic mass is 10.1. The van der Waals surface area contributed by atoms with Gasteiger partial charge in [0.15, 0.2) is 6.04 Å². The van der Waals surface area contributed by atoms with Crippen LogP contribution in [0.5, 0.6) is 5.75 Å². The Labute approximate surface area is 144 Å². The standard InChI is InChI=1S/C18H27ClN2O2/c1-13-11-16(17(23-3)12-15(13)19)20-18(22)14(2)21-9-7-5-4-6-8-10-21/h11-12,14H,4-10H2,1-3H3,(H,20,22)/p+1/t14-/m1/s1. The van der Waals surface area contributed by atoms with Gasteiger partial charge in [0.05, 0.1) is 25.9 Å². The lowest BCUT2D eigenvalue weighted by Gasteiger charge is -2.27. The summed E-state index contributed by atoms with van der Waals surface area (Å²) in [5, 5.41) is 3.66. The third-order valence-corrected chi connectivity index (χ3v) is 5.15. The van der Waals surface area contributed by atoms with Crippen molar-refractivity contribution in [1.29, 1.82) is 0 Å². The van der Waals surface area contributed by atoms with Crippen molar-refractivity contribution < 1.29 is 14.4 Å². The van der Waals surface area contributed by atoms with E-state index in [1.807, 2.05) is 19.9 Å². The van der Waals surface area contributed by atoms with Crippen LogP contribution in [0.3, 0.4) is 0 Å². The van der Waals surface area contributed by atoms with Crippen LogP contribution in [0.15, 0.2) is 12.1 Å². The summed E-state index contributed by atoms with van der Waals surface area (Å²) in [4.78, 5) is 14.0. The Morgan fingerprint density at radius 3 is 2.43 bits per heavy atom. The summed E-state index contributed by atoms with van der Waals surface area (Å²) in [6.45, 7) is 6.09. The molecule has 1 aromatic carbocycles. The summed E-state index contributed by atoms with van der Waals surface area (Å²) in [5.74, 6) is 0.643. The van der Waals surface area contributed by atoms with Crippen LogP contribution in [0.4, 0.5) is 5.69 Å². The van der Waals surface area contributed by atoms with E-state index in [9.17, 15) is 4.79 Å². The van der Waals surface area contributed by atoms with E-state index in [2.05, 4.69) is 5.32 Å². The maximum Gasteiger partial charge on any atom is 0.282 e. The SMILES string of the molecule is COc1cc(Cl)c(C)cc1NC(=O)[C@@H](C)[NH+]1CCCCCCC1. The molecule has 1 saturated heterocycles. The van der Waals surface area contributed by atoms with Gasteiger partial charge in [-0.3, -0.25) is 4.79 Å². The molecular weight excluding hydrogens is 312 g/mol. The van der Waals surface area contributed by atoms with Crippen molar-refractivity contribution in [1.82, 2.24) is 0 Å². The molecule has 128 valence electrons. The predicted molar refractivity (Wildman–Crippen MR) is 94.6 cm³/mol. The van der Waals surface area contributed by atoms with Gasteiger partial charge in [-0.15, -0.1) is 0 Å². The molecule has 23 heavy (non-hydrogen) atoms. The van der Waals surface area contributed by atoms with E-state index in [0.29, 0.717) is 16.5 Å². The number of hydrogen-bond donors (Lipinski definition) is 2. The van der Waals surface area contributed by atoms with Crippen LogP contribution < -0.4 is 15.0 Å². The molecule has 0 spiro atoms. The first kappa shape index (κ1) is 18.1. The van der Waals surface area contributed by atoms with Crippen LogP contribution in [0.25, 0.3) is 0 Å². The van der Waals surface area contributed by atoms with Crippen molar-refractivity contribution in [2.75, 3.05) is 25.5 Å². The van der Waals surface area contributed by atoms with Gasteiger partial charge in [0, 0.05) is 11.1 Å². The molecule has 0 radical (unpaired) electrons. The average molecular weight is 340 g/mol. The summed E-state index contributed by atoms with van der Waals surface area (Å²) < 4.78 is 5.34. The van der Waals surface area contributed by atoms with E-state index in [0.717, 1.165) is 18.7 Å². The molecule has 2 rings (SSSR count). The van der Waals surface area contributed by atoms with Crippen molar-refractivity contribution in [3.05, 3.63) is 22.7 Å². The van der Waals surface area contributed by atoms with Gasteiger partial charge < -0.3 is 15.0 Å². The van der Waals surface area contributed by atoms with Crippen LogP contribution in [0, 0.1) is 6.92 Å². The number of aryl methyl sites for hydroxylation is 1. The summed E-state index contributed by atoms with van der Waals surface area (Å²) in [5.41, 5.74) is 1.62. The molecule has 1 aliphatic heterocycles. The van der Waals surface area contributed by atoms with Gasteiger partial charge in [0.2, 0.25) is 0 Å². The third kappa shape index (κ3) is 4.85. The first-order chi connectivity index (χ1) is 11.0. The second-order valence-corrected chi connectivity index (χ2v) is 6.85. The quantitative estimate of drug-likeness (QED) is 0.885. The first-order valence-electron chi connectivity index (χ1n) is 8.52. The molecule has 1 amide bonds. The number of carbonyl (C=O) groups is 1. The van der Waals surface area contributed by atoms with E-state index in [-0.39, 0.29) is 11.9 Å². The molecule has 1 aliphatic rings. The van der Waals surface area contributed by atoms with Gasteiger partial charge in [0.1, 0.15) is 5.75 Å². The fraction of sp³-hybridized carbons (Fsp3) is 0.611. The number of halogens is 1. The van der Waals surface area contributed by atoms with Crippen LogP contribution >= 0.6 is 11.6 Å². The number of nitrogens with one attached hydrogen (secondary N) is 2. The monoisotopic (exact) mass is 339 g/mol. The molecule has 5 heteroatoms. The molecule has 0 bridgehead atoms. The zero-order valence-electron chi connectivity index (χ0n) is 14.4. The van der Waals surface area contributed by atoms with Gasteiger partial charge in [-0.25, -0.2) is 0 Å². The fourth-order valence-corrected chi connectivity index (χ4v) is 3.30. The minimum absolute atomic E-state index is 0.0422. The summed E-state index contributed by atoms with van der Waals surface area (Å²) in [7, 11) is 1.59. The largest absolute Gasteiger partial charge is 0.495 e. The topological polar surface area (TPSA) is 42.8 Å². The van der Waals surface area contributed by atoms with Gasteiger partial charge in [-0.05, 0) is 51.2 Å². The van der Waals surface area contributed by atoms with E-state index >= 15 is 0 Å². The number of ether oxygens (including phenoxy) is 1. The van der Waals surface area contributed by atoms with E-state index < -0.39 is 0 Å². The molecule has 4 nitrogen and oxygen atoms in total. The highest BCUT2D eigenvalue weighted by molar-refractivity contribution is 6.31. The number of anilines is 1. The fourth-order valence-electron chi connectivity index (χ4n) is 3.15. The highest BCUT2D eigenvalue weighted by atomic mass is 35.5. The zero-order valence-corrected chi connectivity index (χ0v) is 15.1. The minimum atomic E-state index is -0.0613. The molecule has 0 saturated carbocycles. The van der Waals surface area contributed by atoms with Crippen LogP contribution in [-0.2, 0) is 4.79 Å². The number of rotatable bonds is 4. The second-order valence-electron chi connectivity index (χ2n) is 6.44. The van der Waals surface area contributed by atoms with Crippen molar-refractivity contribution in [3.8, 4) is 5.75 Å². The van der Waals surface area contributed by atoms with Gasteiger partial charge in [-0.2, -0.15) is 0 Å². The molecule has 2 N–H and O–H groups in total. The molecular formula is C18H28ClN2O2+. The maximum atomic E-state index is 12.7. The number of hydrogen-bond acceptors (Lipinski definition) is 2. The van der Waals surface area contributed by atoms with Gasteiger partial charge >= 0.3 is 0 Å². The van der Waals surface area contributed by atoms with Crippen molar-refractivity contribution in [3.63, 3.8) is 0 Å². The maximum absolute atomic E-state index is 12.7. The highest BCUT2D eigenvalue weighted by Crippen LogP contribution is 2.30. The third-order valence-electron chi connectivity index (χ3n) is 4.74. The van der Waals surface area contributed by atoms with Crippen molar-refractivity contribution in [2.24, 2.45) is 0 Å². The molecule has 1 atom stereocenters. The van der Waals surface area contributed by atoms with E-state index in [4.69, 9.17) is 16.3 Å². The molecule has 0 aliphatic carbocycles. The molecule has 1 fully saturated rings. The van der Waals surface area contributed by atoms with Crippen molar-refractivity contribution >= 4 is 23.2 Å². The Bertz CT molecular complexity index is 540. The predicted octanol–water partition coefficient (Wildman–Crippen LogP) is 2.83. The number of amides is 1. The Morgan fingerprint density at radius 2 is 1.83 bits per heavy atom. The lowest BCUT2D eigenvalue weighted by Crippen LogP contribution is -3.16. The Morgan fingerprint density at radius 1 is 1.22 bits per heavy atom. The first-order valence-corrected chi connectivity index (χ1v) is 8.90. The smallest absolute Gasteiger partial charge is 0.282 e. The van der Waals surface area contributed by atoms with Crippen LogP contribution in [0.1, 0.15) is 44.6 Å². The van der Waals surface area contributed by atoms with Crippen LogP contribution in [0.2, 0.25) is 5.02 Å². The Balaban J connectivity index is 2.06. The zero-order chi connectivity index (χ0) is 16.8. The summed E-state index contributed by atoms with van der Waals surface area (Å²) in [6.07, 6.45) is 6.30. The Kier molecular flexibility index (Phi) is 6.72. The molecule has 0 unspecified atom stereocenters. The molecule has 1 heterocycles. The number of likely N-dealkylation sites (tertiary alicyclic amines) is 1. The van der Waals surface area contributed by atoms with Gasteiger partial charge in [0.25, 0.3) is 5.91 Å². The number of carbonyl (C=O) groups excluding carboxylic acids is 1. The molecule has 1 aromatic rings. The highest BCUT2D eigenvalue weighted by Gasteiger charge is 2.26.